The molecule has 1 aliphatic rings. The Hall–Kier alpha value is -1.06. The van der Waals surface area contributed by atoms with E-state index in [1.54, 1.807) is 6.07 Å². The first kappa shape index (κ1) is 12.0. The van der Waals surface area contributed by atoms with Crippen LogP contribution in [0, 0.1) is 11.7 Å². The summed E-state index contributed by atoms with van der Waals surface area (Å²) in [5.41, 5.74) is 2.00. The van der Waals surface area contributed by atoms with Crippen LogP contribution in [0.15, 0.2) is 18.3 Å². The highest BCUT2D eigenvalue weighted by Crippen LogP contribution is 2.28. The number of fused-ring (bicyclic) bond motifs is 1. The molecule has 1 aromatic carbocycles. The van der Waals surface area contributed by atoms with Gasteiger partial charge >= 0.3 is 0 Å². The van der Waals surface area contributed by atoms with Gasteiger partial charge in [0.15, 0.2) is 0 Å². The summed E-state index contributed by atoms with van der Waals surface area (Å²) >= 11 is 5.82. The van der Waals surface area contributed by atoms with Gasteiger partial charge in [-0.2, -0.15) is 0 Å². The molecule has 0 bridgehead atoms. The molecule has 0 atom stereocenters. The lowest BCUT2D eigenvalue weighted by Gasteiger charge is -2.03. The van der Waals surface area contributed by atoms with E-state index in [4.69, 9.17) is 11.6 Å². The third kappa shape index (κ3) is 2.52. The maximum absolute atomic E-state index is 13.3. The predicted molar refractivity (Wildman–Crippen MR) is 72.6 cm³/mol. The normalized spacial score (nSPS) is 15.4. The van der Waals surface area contributed by atoms with Crippen molar-refractivity contribution in [3.63, 3.8) is 0 Å². The Morgan fingerprint density at radius 2 is 2.22 bits per heavy atom. The first-order valence-electron chi connectivity index (χ1n) is 6.40. The SMILES string of the molecule is Fc1cc2[nH]cc(CCNCC3CC3)c2cc1Cl. The van der Waals surface area contributed by atoms with Crippen LogP contribution in [0.25, 0.3) is 10.9 Å². The van der Waals surface area contributed by atoms with E-state index in [1.807, 2.05) is 6.20 Å². The van der Waals surface area contributed by atoms with Crippen LogP contribution in [0.1, 0.15) is 18.4 Å². The highest BCUT2D eigenvalue weighted by molar-refractivity contribution is 6.31. The molecule has 0 amide bonds. The highest BCUT2D eigenvalue weighted by atomic mass is 35.5. The number of aromatic amines is 1. The van der Waals surface area contributed by atoms with Crippen LogP contribution >= 0.6 is 11.6 Å². The second kappa shape index (κ2) is 4.90. The number of halogens is 2. The smallest absolute Gasteiger partial charge is 0.143 e. The van der Waals surface area contributed by atoms with Gasteiger partial charge < -0.3 is 10.3 Å². The Kier molecular flexibility index (Phi) is 3.27. The van der Waals surface area contributed by atoms with Crippen molar-refractivity contribution < 1.29 is 4.39 Å². The average Bonchev–Trinajstić information content (AvgIpc) is 3.10. The minimum absolute atomic E-state index is 0.189. The van der Waals surface area contributed by atoms with Gasteiger partial charge in [0.05, 0.1) is 5.02 Å². The van der Waals surface area contributed by atoms with E-state index in [2.05, 4.69) is 10.3 Å². The number of aromatic nitrogens is 1. The summed E-state index contributed by atoms with van der Waals surface area (Å²) in [6.45, 7) is 2.08. The molecule has 4 heteroatoms. The Morgan fingerprint density at radius 3 is 3.00 bits per heavy atom. The van der Waals surface area contributed by atoms with E-state index in [0.29, 0.717) is 0 Å². The van der Waals surface area contributed by atoms with Crippen LogP contribution in [0.4, 0.5) is 4.39 Å². The molecule has 1 fully saturated rings. The number of rotatable bonds is 5. The number of hydrogen-bond acceptors (Lipinski definition) is 1. The van der Waals surface area contributed by atoms with Gasteiger partial charge in [0, 0.05) is 17.1 Å². The van der Waals surface area contributed by atoms with Gasteiger partial charge in [0.25, 0.3) is 0 Å². The number of H-pyrrole nitrogens is 1. The van der Waals surface area contributed by atoms with Crippen LogP contribution in [-0.2, 0) is 6.42 Å². The molecule has 2 N–H and O–H groups in total. The molecule has 0 saturated heterocycles. The van der Waals surface area contributed by atoms with E-state index >= 15 is 0 Å². The minimum Gasteiger partial charge on any atom is -0.361 e. The van der Waals surface area contributed by atoms with Crippen molar-refractivity contribution in [2.45, 2.75) is 19.3 Å². The minimum atomic E-state index is -0.371. The zero-order chi connectivity index (χ0) is 12.5. The first-order valence-corrected chi connectivity index (χ1v) is 6.77. The van der Waals surface area contributed by atoms with Gasteiger partial charge in [-0.05, 0) is 56.0 Å². The van der Waals surface area contributed by atoms with Crippen molar-refractivity contribution >= 4 is 22.5 Å². The first-order chi connectivity index (χ1) is 8.74. The zero-order valence-corrected chi connectivity index (χ0v) is 10.9. The van der Waals surface area contributed by atoms with Crippen molar-refractivity contribution in [2.75, 3.05) is 13.1 Å². The number of nitrogens with one attached hydrogen (secondary N) is 2. The third-order valence-corrected chi connectivity index (χ3v) is 3.80. The average molecular weight is 267 g/mol. The molecule has 0 aliphatic heterocycles. The van der Waals surface area contributed by atoms with Gasteiger partial charge in [0.1, 0.15) is 5.82 Å². The molecule has 3 rings (SSSR count). The van der Waals surface area contributed by atoms with Crippen molar-refractivity contribution in [3.05, 3.63) is 34.7 Å². The molecule has 0 spiro atoms. The molecule has 96 valence electrons. The van der Waals surface area contributed by atoms with Crippen LogP contribution in [0.5, 0.6) is 0 Å². The second-order valence-electron chi connectivity index (χ2n) is 5.02. The lowest BCUT2D eigenvalue weighted by Crippen LogP contribution is -2.19. The van der Waals surface area contributed by atoms with Crippen LogP contribution in [0.2, 0.25) is 5.02 Å². The van der Waals surface area contributed by atoms with Crippen LogP contribution < -0.4 is 5.32 Å². The highest BCUT2D eigenvalue weighted by Gasteiger charge is 2.20. The van der Waals surface area contributed by atoms with Gasteiger partial charge in [-0.3, -0.25) is 0 Å². The van der Waals surface area contributed by atoms with Gasteiger partial charge in [-0.1, -0.05) is 11.6 Å². The van der Waals surface area contributed by atoms with Crippen molar-refractivity contribution in [1.29, 1.82) is 0 Å². The Morgan fingerprint density at radius 1 is 1.39 bits per heavy atom. The molecule has 1 saturated carbocycles. The number of benzene rings is 1. The molecular weight excluding hydrogens is 251 g/mol. The van der Waals surface area contributed by atoms with E-state index in [1.165, 1.54) is 24.5 Å². The molecule has 0 radical (unpaired) electrons. The molecule has 0 unspecified atom stereocenters. The van der Waals surface area contributed by atoms with E-state index in [9.17, 15) is 4.39 Å². The lowest BCUT2D eigenvalue weighted by atomic mass is 10.1. The fraction of sp³-hybridized carbons (Fsp3) is 0.429. The van der Waals surface area contributed by atoms with Gasteiger partial charge in [0.2, 0.25) is 0 Å². The maximum atomic E-state index is 13.3. The largest absolute Gasteiger partial charge is 0.361 e. The molecule has 1 heterocycles. The van der Waals surface area contributed by atoms with E-state index < -0.39 is 0 Å². The fourth-order valence-corrected chi connectivity index (χ4v) is 2.40. The van der Waals surface area contributed by atoms with Crippen molar-refractivity contribution in [2.24, 2.45) is 5.92 Å². The van der Waals surface area contributed by atoms with Crippen molar-refractivity contribution in [1.82, 2.24) is 10.3 Å². The molecule has 2 aromatic rings. The maximum Gasteiger partial charge on any atom is 0.143 e. The third-order valence-electron chi connectivity index (χ3n) is 3.51. The van der Waals surface area contributed by atoms with Gasteiger partial charge in [-0.25, -0.2) is 4.39 Å². The molecular formula is C14H16ClFN2. The van der Waals surface area contributed by atoms with Crippen molar-refractivity contribution in [3.8, 4) is 0 Å². The fourth-order valence-electron chi connectivity index (χ4n) is 2.23. The second-order valence-corrected chi connectivity index (χ2v) is 5.43. The van der Waals surface area contributed by atoms with Crippen LogP contribution in [-0.4, -0.2) is 18.1 Å². The Bertz CT molecular complexity index is 560. The summed E-state index contributed by atoms with van der Waals surface area (Å²) in [5, 5.41) is 4.67. The summed E-state index contributed by atoms with van der Waals surface area (Å²) in [6.07, 6.45) is 5.62. The Labute approximate surface area is 111 Å². The predicted octanol–water partition coefficient (Wildman–Crippen LogP) is 3.50. The quantitative estimate of drug-likeness (QED) is 0.797. The zero-order valence-electron chi connectivity index (χ0n) is 10.1. The summed E-state index contributed by atoms with van der Waals surface area (Å²) < 4.78 is 13.3. The monoisotopic (exact) mass is 266 g/mol. The summed E-state index contributed by atoms with van der Waals surface area (Å²) in [7, 11) is 0. The summed E-state index contributed by atoms with van der Waals surface area (Å²) in [5.74, 6) is 0.529. The van der Waals surface area contributed by atoms with Crippen LogP contribution in [0.3, 0.4) is 0 Å². The standard InChI is InChI=1S/C14H16ClFN2/c15-12-5-11-10(3-4-17-7-9-1-2-9)8-18-14(11)6-13(12)16/h5-6,8-9,17-18H,1-4,7H2. The summed E-state index contributed by atoms with van der Waals surface area (Å²) in [4.78, 5) is 3.09. The molecule has 1 aromatic heterocycles. The summed E-state index contributed by atoms with van der Waals surface area (Å²) in [6, 6.07) is 3.16. The number of hydrogen-bond donors (Lipinski definition) is 2. The molecule has 18 heavy (non-hydrogen) atoms. The van der Waals surface area contributed by atoms with E-state index in [0.717, 1.165) is 36.3 Å². The lowest BCUT2D eigenvalue weighted by molar-refractivity contribution is 0.630. The van der Waals surface area contributed by atoms with Gasteiger partial charge in [-0.15, -0.1) is 0 Å². The Balaban J connectivity index is 1.69. The molecule has 1 aliphatic carbocycles. The topological polar surface area (TPSA) is 27.8 Å². The van der Waals surface area contributed by atoms with E-state index in [-0.39, 0.29) is 10.8 Å². The molecule has 2 nitrogen and oxygen atoms in total.